The Morgan fingerprint density at radius 2 is 1.58 bits per heavy atom. The lowest BCUT2D eigenvalue weighted by molar-refractivity contribution is 0.229. The number of carbonyl (C=O) groups is 1. The fraction of sp³-hybridized carbons (Fsp3) is 0.632. The van der Waals surface area contributed by atoms with E-state index in [4.69, 9.17) is 0 Å². The van der Waals surface area contributed by atoms with Gasteiger partial charge in [-0.25, -0.2) is 17.9 Å². The molecule has 0 radical (unpaired) electrons. The van der Waals surface area contributed by atoms with Gasteiger partial charge in [-0.15, -0.1) is 0 Å². The third kappa shape index (κ3) is 6.96. The molecule has 1 fully saturated rings. The first-order valence-corrected chi connectivity index (χ1v) is 11.1. The molecule has 0 spiro atoms. The molecule has 0 saturated heterocycles. The maximum atomic E-state index is 12.0. The first-order valence-electron chi connectivity index (χ1n) is 9.42. The molecule has 1 aromatic carbocycles. The molecule has 0 atom stereocenters. The van der Waals surface area contributed by atoms with E-state index in [1.807, 2.05) is 12.1 Å². The monoisotopic (exact) mass is 381 g/mol. The zero-order chi connectivity index (χ0) is 19.0. The first kappa shape index (κ1) is 20.7. The number of urea groups is 1. The van der Waals surface area contributed by atoms with Gasteiger partial charge in [0.05, 0.1) is 5.75 Å². The predicted octanol–water partition coefficient (Wildman–Crippen LogP) is 2.75. The molecule has 146 valence electrons. The summed E-state index contributed by atoms with van der Waals surface area (Å²) in [4.78, 5) is 12.0. The van der Waals surface area contributed by atoms with Crippen molar-refractivity contribution in [1.82, 2.24) is 15.4 Å². The summed E-state index contributed by atoms with van der Waals surface area (Å²) in [5.41, 5.74) is 1.66. The molecule has 6 nitrogen and oxygen atoms in total. The van der Waals surface area contributed by atoms with E-state index in [2.05, 4.69) is 22.3 Å². The molecule has 0 bridgehead atoms. The van der Waals surface area contributed by atoms with Gasteiger partial charge in [0.1, 0.15) is 0 Å². The highest BCUT2D eigenvalue weighted by molar-refractivity contribution is 7.88. The van der Waals surface area contributed by atoms with Crippen molar-refractivity contribution in [1.29, 1.82) is 0 Å². The van der Waals surface area contributed by atoms with Crippen molar-refractivity contribution in [2.45, 2.75) is 51.3 Å². The molecular weight excluding hydrogens is 350 g/mol. The third-order valence-corrected chi connectivity index (χ3v) is 6.57. The van der Waals surface area contributed by atoms with Gasteiger partial charge in [0.2, 0.25) is 10.0 Å². The van der Waals surface area contributed by atoms with Gasteiger partial charge in [-0.2, -0.15) is 0 Å². The first-order chi connectivity index (χ1) is 12.4. The van der Waals surface area contributed by atoms with E-state index in [1.165, 1.54) is 39.2 Å². The highest BCUT2D eigenvalue weighted by Gasteiger charge is 2.20. The van der Waals surface area contributed by atoms with E-state index in [0.29, 0.717) is 12.5 Å². The predicted molar refractivity (Wildman–Crippen MR) is 104 cm³/mol. The molecule has 3 N–H and O–H groups in total. The van der Waals surface area contributed by atoms with Gasteiger partial charge in [-0.3, -0.25) is 0 Å². The maximum absolute atomic E-state index is 12.0. The number of benzene rings is 1. The summed E-state index contributed by atoms with van der Waals surface area (Å²) >= 11 is 0. The van der Waals surface area contributed by atoms with Crippen molar-refractivity contribution >= 4 is 16.1 Å². The van der Waals surface area contributed by atoms with Crippen LogP contribution in [0.2, 0.25) is 0 Å². The van der Waals surface area contributed by atoms with Crippen LogP contribution in [-0.2, 0) is 22.3 Å². The number of hydrogen-bond donors (Lipinski definition) is 3. The second-order valence-corrected chi connectivity index (χ2v) is 9.06. The van der Waals surface area contributed by atoms with E-state index < -0.39 is 10.0 Å². The number of hydrogen-bond acceptors (Lipinski definition) is 3. The maximum Gasteiger partial charge on any atom is 0.315 e. The molecule has 0 unspecified atom stereocenters. The zero-order valence-electron chi connectivity index (χ0n) is 15.8. The Kier molecular flexibility index (Phi) is 7.90. The quantitative estimate of drug-likeness (QED) is 0.647. The number of carbonyl (C=O) groups excluding carboxylic acids is 1. The lowest BCUT2D eigenvalue weighted by Gasteiger charge is -2.27. The molecule has 2 amide bonds. The Hall–Kier alpha value is -1.60. The van der Waals surface area contributed by atoms with Gasteiger partial charge >= 0.3 is 6.03 Å². The van der Waals surface area contributed by atoms with Gasteiger partial charge in [-0.05, 0) is 42.9 Å². The molecule has 0 heterocycles. The molecule has 0 aliphatic heterocycles. The lowest BCUT2D eigenvalue weighted by Crippen LogP contribution is -2.38. The van der Waals surface area contributed by atoms with Crippen LogP contribution in [0.15, 0.2) is 24.3 Å². The molecule has 1 aliphatic rings. The van der Waals surface area contributed by atoms with E-state index in [-0.39, 0.29) is 11.8 Å². The molecule has 1 aromatic rings. The summed E-state index contributed by atoms with van der Waals surface area (Å²) in [5, 5.41) is 5.82. The Morgan fingerprint density at radius 1 is 1.00 bits per heavy atom. The van der Waals surface area contributed by atoms with Crippen LogP contribution in [0.3, 0.4) is 0 Å². The number of rotatable bonds is 8. The highest BCUT2D eigenvalue weighted by Crippen LogP contribution is 2.30. The van der Waals surface area contributed by atoms with Crippen LogP contribution in [0, 0.1) is 11.8 Å². The largest absolute Gasteiger partial charge is 0.338 e. The number of nitrogens with one attached hydrogen (secondary N) is 3. The van der Waals surface area contributed by atoms with E-state index in [9.17, 15) is 13.2 Å². The minimum Gasteiger partial charge on any atom is -0.338 e. The van der Waals surface area contributed by atoms with Crippen molar-refractivity contribution in [2.24, 2.45) is 11.8 Å². The van der Waals surface area contributed by atoms with E-state index >= 15 is 0 Å². The fourth-order valence-corrected chi connectivity index (χ4v) is 4.15. The standard InChI is InChI=1S/C19H31N3O3S/c1-3-15-4-6-16(7-5-15)12-21-19(23)22-13-17-8-10-18(11-9-17)14-26(24,25)20-2/h8-11,15-16,20H,3-7,12-14H2,1-2H3,(H2,21,22,23). The average Bonchev–Trinajstić information content (AvgIpc) is 2.66. The molecule has 7 heteroatoms. The summed E-state index contributed by atoms with van der Waals surface area (Å²) in [6.07, 6.45) is 6.23. The van der Waals surface area contributed by atoms with Gasteiger partial charge in [0.15, 0.2) is 0 Å². The summed E-state index contributed by atoms with van der Waals surface area (Å²) in [7, 11) is -1.86. The minimum absolute atomic E-state index is 0.0437. The van der Waals surface area contributed by atoms with Crippen LogP contribution in [-0.4, -0.2) is 28.0 Å². The van der Waals surface area contributed by atoms with Crippen molar-refractivity contribution in [2.75, 3.05) is 13.6 Å². The van der Waals surface area contributed by atoms with Crippen LogP contribution in [0.5, 0.6) is 0 Å². The van der Waals surface area contributed by atoms with Crippen LogP contribution < -0.4 is 15.4 Å². The fourth-order valence-electron chi connectivity index (χ4n) is 3.37. The Morgan fingerprint density at radius 3 is 2.15 bits per heavy atom. The van der Waals surface area contributed by atoms with Crippen LogP contribution >= 0.6 is 0 Å². The second-order valence-electron chi connectivity index (χ2n) is 7.14. The summed E-state index contributed by atoms with van der Waals surface area (Å²) in [6.45, 7) is 3.42. The van der Waals surface area contributed by atoms with Crippen molar-refractivity contribution in [3.63, 3.8) is 0 Å². The van der Waals surface area contributed by atoms with Gasteiger partial charge in [-0.1, -0.05) is 50.5 Å². The normalized spacial score (nSPS) is 20.5. The molecule has 2 rings (SSSR count). The Bertz CT molecular complexity index is 666. The van der Waals surface area contributed by atoms with Crippen LogP contribution in [0.1, 0.15) is 50.2 Å². The van der Waals surface area contributed by atoms with Crippen molar-refractivity contribution in [3.8, 4) is 0 Å². The van der Waals surface area contributed by atoms with Gasteiger partial charge in [0, 0.05) is 13.1 Å². The molecular formula is C19H31N3O3S. The summed E-state index contributed by atoms with van der Waals surface area (Å²) < 4.78 is 25.4. The van der Waals surface area contributed by atoms with E-state index in [1.54, 1.807) is 12.1 Å². The molecule has 26 heavy (non-hydrogen) atoms. The van der Waals surface area contributed by atoms with Gasteiger partial charge in [0.25, 0.3) is 0 Å². The average molecular weight is 382 g/mol. The van der Waals surface area contributed by atoms with Gasteiger partial charge < -0.3 is 10.6 Å². The van der Waals surface area contributed by atoms with Crippen molar-refractivity contribution in [3.05, 3.63) is 35.4 Å². The lowest BCUT2D eigenvalue weighted by atomic mass is 9.81. The smallest absolute Gasteiger partial charge is 0.315 e. The molecule has 1 saturated carbocycles. The van der Waals surface area contributed by atoms with Crippen LogP contribution in [0.4, 0.5) is 4.79 Å². The van der Waals surface area contributed by atoms with Crippen LogP contribution in [0.25, 0.3) is 0 Å². The number of amides is 2. The van der Waals surface area contributed by atoms with Crippen molar-refractivity contribution < 1.29 is 13.2 Å². The molecule has 0 aromatic heterocycles. The summed E-state index contributed by atoms with van der Waals surface area (Å²) in [5.74, 6) is 1.42. The number of sulfonamides is 1. The Labute approximate surface area is 157 Å². The molecule has 1 aliphatic carbocycles. The summed E-state index contributed by atoms with van der Waals surface area (Å²) in [6, 6.07) is 7.08. The van der Waals surface area contributed by atoms with E-state index in [0.717, 1.165) is 23.6 Å². The highest BCUT2D eigenvalue weighted by atomic mass is 32.2. The zero-order valence-corrected chi connectivity index (χ0v) is 16.6. The SMILES string of the molecule is CCC1CCC(CNC(=O)NCc2ccc(CS(=O)(=O)NC)cc2)CC1. The minimum atomic E-state index is -3.26. The third-order valence-electron chi connectivity index (χ3n) is 5.24. The second kappa shape index (κ2) is 9.92. The Balaban J connectivity index is 1.69. The topological polar surface area (TPSA) is 87.3 Å².